The lowest BCUT2D eigenvalue weighted by atomic mass is 9.98. The number of hydrogen-bond acceptors (Lipinski definition) is 3. The van der Waals surface area contributed by atoms with Gasteiger partial charge in [-0.1, -0.05) is 13.8 Å². The molecule has 1 rings (SSSR count). The van der Waals surface area contributed by atoms with E-state index in [1.807, 2.05) is 20.0 Å². The topological polar surface area (TPSA) is 48.1 Å². The fourth-order valence-electron chi connectivity index (χ4n) is 1.60. The summed E-state index contributed by atoms with van der Waals surface area (Å²) in [5.41, 5.74) is 7.23. The van der Waals surface area contributed by atoms with Crippen molar-refractivity contribution in [2.45, 2.75) is 52.7 Å². The fraction of sp³-hybridized carbons (Fsp3) is 0.643. The molecule has 1 unspecified atom stereocenters. The Morgan fingerprint density at radius 2 is 1.94 bits per heavy atom. The maximum absolute atomic E-state index is 6.03. The van der Waals surface area contributed by atoms with Crippen molar-refractivity contribution >= 4 is 0 Å². The van der Waals surface area contributed by atoms with Crippen LogP contribution in [-0.4, -0.2) is 17.1 Å². The third kappa shape index (κ3) is 5.18. The number of ether oxygens (including phenoxy) is 1. The summed E-state index contributed by atoms with van der Waals surface area (Å²) >= 11 is 0. The smallest absolute Gasteiger partial charge is 0.138 e. The lowest BCUT2D eigenvalue weighted by molar-refractivity contribution is 0.241. The molecule has 1 atom stereocenters. The Morgan fingerprint density at radius 3 is 2.53 bits per heavy atom. The SMILES string of the molecule is CC(C)Oc1cncc(CCC(N)C(C)C)c1. The molecule has 0 aliphatic rings. The Hall–Kier alpha value is -1.09. The van der Waals surface area contributed by atoms with Crippen LogP contribution >= 0.6 is 0 Å². The minimum absolute atomic E-state index is 0.185. The fourth-order valence-corrected chi connectivity index (χ4v) is 1.60. The predicted octanol–water partition coefficient (Wildman–Crippen LogP) is 2.78. The highest BCUT2D eigenvalue weighted by Crippen LogP contribution is 2.15. The number of rotatable bonds is 6. The normalized spacial score (nSPS) is 13.1. The van der Waals surface area contributed by atoms with Gasteiger partial charge in [0.25, 0.3) is 0 Å². The lowest BCUT2D eigenvalue weighted by Crippen LogP contribution is -2.26. The van der Waals surface area contributed by atoms with Crippen LogP contribution in [0.4, 0.5) is 0 Å². The summed E-state index contributed by atoms with van der Waals surface area (Å²) in [6.45, 7) is 8.34. The lowest BCUT2D eigenvalue weighted by Gasteiger charge is -2.15. The standard InChI is InChI=1S/C14H24N2O/c1-10(2)14(15)6-5-12-7-13(9-16-8-12)17-11(3)4/h7-11,14H,5-6,15H2,1-4H3. The number of hydrogen-bond donors (Lipinski definition) is 1. The second-order valence-electron chi connectivity index (χ2n) is 5.14. The van der Waals surface area contributed by atoms with Crippen LogP contribution < -0.4 is 10.5 Å². The molecule has 0 amide bonds. The highest BCUT2D eigenvalue weighted by Gasteiger charge is 2.08. The summed E-state index contributed by atoms with van der Waals surface area (Å²) in [6.07, 6.45) is 5.78. The van der Waals surface area contributed by atoms with Crippen molar-refractivity contribution in [2.75, 3.05) is 0 Å². The summed E-state index contributed by atoms with van der Waals surface area (Å²) in [7, 11) is 0. The molecule has 1 aromatic rings. The third-order valence-electron chi connectivity index (χ3n) is 2.76. The van der Waals surface area contributed by atoms with Gasteiger partial charge in [-0.15, -0.1) is 0 Å². The molecule has 0 saturated heterocycles. The largest absolute Gasteiger partial charge is 0.489 e. The van der Waals surface area contributed by atoms with Crippen molar-refractivity contribution in [2.24, 2.45) is 11.7 Å². The number of aromatic nitrogens is 1. The molecule has 17 heavy (non-hydrogen) atoms. The Labute approximate surface area is 104 Å². The first kappa shape index (κ1) is 14.0. The first-order valence-corrected chi connectivity index (χ1v) is 6.35. The van der Waals surface area contributed by atoms with Crippen molar-refractivity contribution in [1.82, 2.24) is 4.98 Å². The molecule has 2 N–H and O–H groups in total. The maximum atomic E-state index is 6.03. The van der Waals surface area contributed by atoms with Gasteiger partial charge in [0.2, 0.25) is 0 Å². The van der Waals surface area contributed by atoms with Crippen LogP contribution in [0.2, 0.25) is 0 Å². The highest BCUT2D eigenvalue weighted by molar-refractivity contribution is 5.23. The number of aryl methyl sites for hydroxylation is 1. The molecule has 1 heterocycles. The van der Waals surface area contributed by atoms with Crippen LogP contribution in [-0.2, 0) is 6.42 Å². The van der Waals surface area contributed by atoms with E-state index in [0.717, 1.165) is 18.6 Å². The summed E-state index contributed by atoms with van der Waals surface area (Å²) in [5, 5.41) is 0. The summed E-state index contributed by atoms with van der Waals surface area (Å²) in [6, 6.07) is 2.31. The van der Waals surface area contributed by atoms with Gasteiger partial charge in [-0.25, -0.2) is 0 Å². The third-order valence-corrected chi connectivity index (χ3v) is 2.76. The predicted molar refractivity (Wildman–Crippen MR) is 71.1 cm³/mol. The van der Waals surface area contributed by atoms with E-state index in [2.05, 4.69) is 24.9 Å². The molecule has 0 fully saturated rings. The molecule has 0 aliphatic carbocycles. The molecule has 0 radical (unpaired) electrons. The second-order valence-corrected chi connectivity index (χ2v) is 5.14. The van der Waals surface area contributed by atoms with Gasteiger partial charge in [-0.3, -0.25) is 4.98 Å². The van der Waals surface area contributed by atoms with Crippen LogP contribution in [0.3, 0.4) is 0 Å². The van der Waals surface area contributed by atoms with Gasteiger partial charge >= 0.3 is 0 Å². The summed E-state index contributed by atoms with van der Waals surface area (Å²) in [5.74, 6) is 1.37. The first-order chi connectivity index (χ1) is 7.99. The zero-order valence-corrected chi connectivity index (χ0v) is 11.3. The van der Waals surface area contributed by atoms with Gasteiger partial charge < -0.3 is 10.5 Å². The van der Waals surface area contributed by atoms with E-state index in [9.17, 15) is 0 Å². The van der Waals surface area contributed by atoms with Crippen molar-refractivity contribution in [3.8, 4) is 5.75 Å². The molecule has 0 spiro atoms. The Morgan fingerprint density at radius 1 is 1.24 bits per heavy atom. The summed E-state index contributed by atoms with van der Waals surface area (Å²) < 4.78 is 5.62. The average molecular weight is 236 g/mol. The van der Waals surface area contributed by atoms with Crippen LogP contribution in [0.1, 0.15) is 39.7 Å². The molecular weight excluding hydrogens is 212 g/mol. The van der Waals surface area contributed by atoms with E-state index >= 15 is 0 Å². The van der Waals surface area contributed by atoms with E-state index < -0.39 is 0 Å². The minimum atomic E-state index is 0.185. The van der Waals surface area contributed by atoms with E-state index in [4.69, 9.17) is 10.5 Å². The maximum Gasteiger partial charge on any atom is 0.138 e. The number of nitrogens with two attached hydrogens (primary N) is 1. The van der Waals surface area contributed by atoms with Gasteiger partial charge in [0, 0.05) is 12.2 Å². The van der Waals surface area contributed by atoms with Gasteiger partial charge in [0.05, 0.1) is 12.3 Å². The molecule has 96 valence electrons. The monoisotopic (exact) mass is 236 g/mol. The Balaban J connectivity index is 2.54. The molecule has 3 heteroatoms. The molecule has 0 aliphatic heterocycles. The van der Waals surface area contributed by atoms with Crippen LogP contribution in [0.5, 0.6) is 5.75 Å². The Bertz CT molecular complexity index is 337. The van der Waals surface area contributed by atoms with Crippen LogP contribution in [0.25, 0.3) is 0 Å². The molecule has 0 bridgehead atoms. The van der Waals surface area contributed by atoms with Gasteiger partial charge in [0.1, 0.15) is 5.75 Å². The minimum Gasteiger partial charge on any atom is -0.489 e. The van der Waals surface area contributed by atoms with E-state index in [-0.39, 0.29) is 12.1 Å². The zero-order chi connectivity index (χ0) is 12.8. The summed E-state index contributed by atoms with van der Waals surface area (Å²) in [4.78, 5) is 4.19. The molecule has 0 aromatic carbocycles. The highest BCUT2D eigenvalue weighted by atomic mass is 16.5. The van der Waals surface area contributed by atoms with E-state index in [1.165, 1.54) is 5.56 Å². The van der Waals surface area contributed by atoms with E-state index in [1.54, 1.807) is 6.20 Å². The quantitative estimate of drug-likeness (QED) is 0.826. The van der Waals surface area contributed by atoms with E-state index in [0.29, 0.717) is 5.92 Å². The number of pyridine rings is 1. The number of nitrogens with zero attached hydrogens (tertiary/aromatic N) is 1. The molecule has 0 saturated carbocycles. The van der Waals surface area contributed by atoms with Gasteiger partial charge in [-0.05, 0) is 44.2 Å². The Kier molecular flexibility index (Phi) is 5.42. The second kappa shape index (κ2) is 6.60. The van der Waals surface area contributed by atoms with Gasteiger partial charge in [-0.2, -0.15) is 0 Å². The molecular formula is C14H24N2O. The molecule has 3 nitrogen and oxygen atoms in total. The average Bonchev–Trinajstić information content (AvgIpc) is 2.25. The van der Waals surface area contributed by atoms with Crippen molar-refractivity contribution < 1.29 is 4.74 Å². The van der Waals surface area contributed by atoms with Crippen LogP contribution in [0, 0.1) is 5.92 Å². The van der Waals surface area contributed by atoms with Crippen molar-refractivity contribution in [3.05, 3.63) is 24.0 Å². The zero-order valence-electron chi connectivity index (χ0n) is 11.3. The van der Waals surface area contributed by atoms with Crippen molar-refractivity contribution in [3.63, 3.8) is 0 Å². The van der Waals surface area contributed by atoms with Crippen LogP contribution in [0.15, 0.2) is 18.5 Å². The first-order valence-electron chi connectivity index (χ1n) is 6.35. The van der Waals surface area contributed by atoms with Crippen molar-refractivity contribution in [1.29, 1.82) is 0 Å². The molecule has 1 aromatic heterocycles. The van der Waals surface area contributed by atoms with Gasteiger partial charge in [0.15, 0.2) is 0 Å².